The Morgan fingerprint density at radius 1 is 1.35 bits per heavy atom. The monoisotopic (exact) mass is 273 g/mol. The number of rotatable bonds is 4. The summed E-state index contributed by atoms with van der Waals surface area (Å²) in [4.78, 5) is 6.19. The minimum absolute atomic E-state index is 0.427. The fraction of sp³-hybridized carbons (Fsp3) is 0.667. The Balaban J connectivity index is 1.91. The normalized spacial score (nSPS) is 20.6. The Hall–Kier alpha value is -0.130. The molecule has 0 bridgehead atoms. The summed E-state index contributed by atoms with van der Waals surface area (Å²) in [6.07, 6.45) is 0. The number of thiophene rings is 1. The molecule has 3 nitrogen and oxygen atoms in total. The van der Waals surface area contributed by atoms with Gasteiger partial charge in [0, 0.05) is 50.1 Å². The molecule has 0 radical (unpaired) electrons. The van der Waals surface area contributed by atoms with Gasteiger partial charge >= 0.3 is 0 Å². The summed E-state index contributed by atoms with van der Waals surface area (Å²) in [5.41, 5.74) is 5.89. The summed E-state index contributed by atoms with van der Waals surface area (Å²) < 4.78 is 0.858. The summed E-state index contributed by atoms with van der Waals surface area (Å²) >= 11 is 7.64. The molecule has 17 heavy (non-hydrogen) atoms. The van der Waals surface area contributed by atoms with E-state index < -0.39 is 0 Å². The molecule has 1 aliphatic rings. The molecule has 0 saturated carbocycles. The van der Waals surface area contributed by atoms with E-state index in [4.69, 9.17) is 17.3 Å². The van der Waals surface area contributed by atoms with Crippen molar-refractivity contribution in [2.24, 2.45) is 5.73 Å². The van der Waals surface area contributed by atoms with Gasteiger partial charge in [-0.25, -0.2) is 0 Å². The first-order valence-corrected chi connectivity index (χ1v) is 7.24. The van der Waals surface area contributed by atoms with Crippen LogP contribution in [0.15, 0.2) is 12.1 Å². The number of nitrogens with two attached hydrogens (primary N) is 1. The summed E-state index contributed by atoms with van der Waals surface area (Å²) in [5.74, 6) is 0.427. The van der Waals surface area contributed by atoms with Gasteiger partial charge in [0.15, 0.2) is 0 Å². The van der Waals surface area contributed by atoms with Crippen LogP contribution in [-0.2, 0) is 0 Å². The minimum Gasteiger partial charge on any atom is -0.330 e. The molecular weight excluding hydrogens is 254 g/mol. The highest BCUT2D eigenvalue weighted by molar-refractivity contribution is 7.16. The molecule has 96 valence electrons. The lowest BCUT2D eigenvalue weighted by Gasteiger charge is -2.34. The van der Waals surface area contributed by atoms with Gasteiger partial charge < -0.3 is 15.5 Å². The van der Waals surface area contributed by atoms with E-state index in [1.165, 1.54) is 4.88 Å². The van der Waals surface area contributed by atoms with Gasteiger partial charge in [-0.05, 0) is 19.2 Å². The molecule has 1 aliphatic heterocycles. The molecule has 1 aromatic rings. The standard InChI is InChI=1S/C12H20ClN3S/c1-15-4-6-16(7-5-15)9-10(8-14)11-2-3-12(13)17-11/h2-3,10H,4-9,14H2,1H3. The number of piperazine rings is 1. The third kappa shape index (κ3) is 3.66. The second-order valence-corrected chi connectivity index (χ2v) is 6.43. The van der Waals surface area contributed by atoms with Gasteiger partial charge in [-0.2, -0.15) is 0 Å². The number of likely N-dealkylation sites (N-methyl/N-ethyl adjacent to an activating group) is 1. The van der Waals surface area contributed by atoms with E-state index in [1.807, 2.05) is 6.07 Å². The summed E-state index contributed by atoms with van der Waals surface area (Å²) in [6.45, 7) is 6.35. The third-order valence-electron chi connectivity index (χ3n) is 3.36. The van der Waals surface area contributed by atoms with Crippen LogP contribution in [-0.4, -0.2) is 56.1 Å². The molecule has 2 N–H and O–H groups in total. The molecular formula is C12H20ClN3S. The fourth-order valence-electron chi connectivity index (χ4n) is 2.17. The molecule has 1 fully saturated rings. The lowest BCUT2D eigenvalue weighted by Crippen LogP contribution is -2.46. The zero-order valence-corrected chi connectivity index (χ0v) is 11.8. The van der Waals surface area contributed by atoms with Gasteiger partial charge in [0.2, 0.25) is 0 Å². The van der Waals surface area contributed by atoms with Crippen molar-refractivity contribution < 1.29 is 0 Å². The Morgan fingerprint density at radius 3 is 2.59 bits per heavy atom. The molecule has 2 heterocycles. The van der Waals surface area contributed by atoms with Gasteiger partial charge in [0.05, 0.1) is 4.34 Å². The highest BCUT2D eigenvalue weighted by Crippen LogP contribution is 2.28. The molecule has 0 spiro atoms. The third-order valence-corrected chi connectivity index (χ3v) is 4.75. The average Bonchev–Trinajstić information content (AvgIpc) is 2.75. The van der Waals surface area contributed by atoms with Crippen LogP contribution < -0.4 is 5.73 Å². The Kier molecular flexibility index (Phi) is 4.82. The van der Waals surface area contributed by atoms with Gasteiger partial charge in [-0.3, -0.25) is 0 Å². The molecule has 1 unspecified atom stereocenters. The van der Waals surface area contributed by atoms with Crippen molar-refractivity contribution in [3.8, 4) is 0 Å². The molecule has 2 rings (SSSR count). The van der Waals surface area contributed by atoms with E-state index in [2.05, 4.69) is 22.9 Å². The van der Waals surface area contributed by atoms with Crippen molar-refractivity contribution in [2.75, 3.05) is 46.3 Å². The minimum atomic E-state index is 0.427. The zero-order chi connectivity index (χ0) is 12.3. The van der Waals surface area contributed by atoms with Crippen molar-refractivity contribution >= 4 is 22.9 Å². The highest BCUT2D eigenvalue weighted by Gasteiger charge is 2.19. The van der Waals surface area contributed by atoms with E-state index in [0.29, 0.717) is 12.5 Å². The Bertz CT molecular complexity index is 347. The van der Waals surface area contributed by atoms with Crippen LogP contribution in [0.3, 0.4) is 0 Å². The van der Waals surface area contributed by atoms with Crippen LogP contribution >= 0.6 is 22.9 Å². The van der Waals surface area contributed by atoms with Gasteiger partial charge in [0.25, 0.3) is 0 Å². The smallest absolute Gasteiger partial charge is 0.0931 e. The maximum atomic E-state index is 5.98. The second kappa shape index (κ2) is 6.16. The van der Waals surface area contributed by atoms with Crippen LogP contribution in [0.1, 0.15) is 10.8 Å². The first-order chi connectivity index (χ1) is 8.19. The average molecular weight is 274 g/mol. The van der Waals surface area contributed by atoms with Crippen LogP contribution in [0, 0.1) is 0 Å². The Morgan fingerprint density at radius 2 is 2.06 bits per heavy atom. The van der Waals surface area contributed by atoms with Crippen LogP contribution in [0.2, 0.25) is 4.34 Å². The summed E-state index contributed by atoms with van der Waals surface area (Å²) in [5, 5.41) is 0. The number of hydrogen-bond acceptors (Lipinski definition) is 4. The molecule has 0 aliphatic carbocycles. The lowest BCUT2D eigenvalue weighted by atomic mass is 10.1. The molecule has 0 amide bonds. The SMILES string of the molecule is CN1CCN(CC(CN)c2ccc(Cl)s2)CC1. The molecule has 1 saturated heterocycles. The van der Waals surface area contributed by atoms with Crippen LogP contribution in [0.4, 0.5) is 0 Å². The van der Waals surface area contributed by atoms with Crippen molar-refractivity contribution in [3.05, 3.63) is 21.3 Å². The van der Waals surface area contributed by atoms with Crippen LogP contribution in [0.25, 0.3) is 0 Å². The van der Waals surface area contributed by atoms with Crippen LogP contribution in [0.5, 0.6) is 0 Å². The summed E-state index contributed by atoms with van der Waals surface area (Å²) in [7, 11) is 2.18. The largest absolute Gasteiger partial charge is 0.330 e. The van der Waals surface area contributed by atoms with E-state index in [0.717, 1.165) is 37.1 Å². The molecule has 1 atom stereocenters. The van der Waals surface area contributed by atoms with E-state index in [9.17, 15) is 0 Å². The molecule has 0 aromatic carbocycles. The van der Waals surface area contributed by atoms with E-state index >= 15 is 0 Å². The van der Waals surface area contributed by atoms with E-state index in [1.54, 1.807) is 11.3 Å². The molecule has 1 aromatic heterocycles. The van der Waals surface area contributed by atoms with E-state index in [-0.39, 0.29) is 0 Å². The number of hydrogen-bond donors (Lipinski definition) is 1. The van der Waals surface area contributed by atoms with Crippen molar-refractivity contribution in [3.63, 3.8) is 0 Å². The number of nitrogens with zero attached hydrogens (tertiary/aromatic N) is 2. The second-order valence-electron chi connectivity index (χ2n) is 4.68. The van der Waals surface area contributed by atoms with Crippen molar-refractivity contribution in [2.45, 2.75) is 5.92 Å². The molecule has 5 heteroatoms. The predicted octanol–water partition coefficient (Wildman–Crippen LogP) is 1.69. The van der Waals surface area contributed by atoms with Gasteiger partial charge in [-0.15, -0.1) is 11.3 Å². The quantitative estimate of drug-likeness (QED) is 0.906. The first-order valence-electron chi connectivity index (χ1n) is 6.05. The van der Waals surface area contributed by atoms with Gasteiger partial charge in [0.1, 0.15) is 0 Å². The Labute approximate surface area is 112 Å². The first kappa shape index (κ1) is 13.3. The topological polar surface area (TPSA) is 32.5 Å². The fourth-order valence-corrected chi connectivity index (χ4v) is 3.34. The lowest BCUT2D eigenvalue weighted by molar-refractivity contribution is 0.148. The number of halogens is 1. The van der Waals surface area contributed by atoms with Crippen molar-refractivity contribution in [1.82, 2.24) is 9.80 Å². The maximum Gasteiger partial charge on any atom is 0.0931 e. The zero-order valence-electron chi connectivity index (χ0n) is 10.2. The predicted molar refractivity (Wildman–Crippen MR) is 75.1 cm³/mol. The summed E-state index contributed by atoms with van der Waals surface area (Å²) in [6, 6.07) is 4.08. The van der Waals surface area contributed by atoms with Gasteiger partial charge in [-0.1, -0.05) is 11.6 Å². The maximum absolute atomic E-state index is 5.98. The highest BCUT2D eigenvalue weighted by atomic mass is 35.5. The van der Waals surface area contributed by atoms with Crippen molar-refractivity contribution in [1.29, 1.82) is 0 Å².